The van der Waals surface area contributed by atoms with Gasteiger partial charge in [-0.15, -0.1) is 0 Å². The molecule has 0 aliphatic rings. The zero-order valence-corrected chi connectivity index (χ0v) is 16.4. The molecule has 0 spiro atoms. The molecule has 4 N–H and O–H groups in total. The van der Waals surface area contributed by atoms with E-state index in [1.54, 1.807) is 53.5 Å². The van der Waals surface area contributed by atoms with E-state index >= 15 is 0 Å². The Morgan fingerprint density at radius 3 is 2.61 bits per heavy atom. The first-order valence-electron chi connectivity index (χ1n) is 9.59. The molecule has 0 aliphatic heterocycles. The second-order valence-corrected chi connectivity index (χ2v) is 6.90. The third kappa shape index (κ3) is 4.39. The van der Waals surface area contributed by atoms with Crippen molar-refractivity contribution < 1.29 is 19.8 Å². The number of benzene rings is 2. The first-order chi connectivity index (χ1) is 15.0. The number of rotatable bonds is 6. The van der Waals surface area contributed by atoms with E-state index in [0.29, 0.717) is 11.4 Å². The summed E-state index contributed by atoms with van der Waals surface area (Å²) < 4.78 is 1.78. The standard InChI is InChI=1S/C23H20N4O4/c28-14-20(23(31)25-16-5-7-19-15(12-16)4-3-9-24-19)26-22(30)18-13-17(6-8-21(18)29)27-10-1-2-11-27/h1-13,20,28-29H,14H2,(H,25,31)(H,26,30). The van der Waals surface area contributed by atoms with Gasteiger partial charge in [-0.05, 0) is 54.6 Å². The summed E-state index contributed by atoms with van der Waals surface area (Å²) in [6, 6.07) is 15.9. The van der Waals surface area contributed by atoms with Crippen LogP contribution in [0.3, 0.4) is 0 Å². The smallest absolute Gasteiger partial charge is 0.255 e. The molecule has 1 atom stereocenters. The molecule has 1 unspecified atom stereocenters. The second-order valence-electron chi connectivity index (χ2n) is 6.90. The largest absolute Gasteiger partial charge is 0.507 e. The average molecular weight is 416 g/mol. The molecule has 2 aromatic carbocycles. The molecule has 8 heteroatoms. The SMILES string of the molecule is O=C(NC(CO)C(=O)Nc1ccc2ncccc2c1)c1cc(-n2cccc2)ccc1O. The van der Waals surface area contributed by atoms with Gasteiger partial charge in [0.1, 0.15) is 11.8 Å². The minimum atomic E-state index is -1.20. The Morgan fingerprint density at radius 2 is 1.84 bits per heavy atom. The highest BCUT2D eigenvalue weighted by atomic mass is 16.3. The van der Waals surface area contributed by atoms with Crippen molar-refractivity contribution in [3.63, 3.8) is 0 Å². The van der Waals surface area contributed by atoms with Crippen LogP contribution in [0.15, 0.2) is 79.3 Å². The lowest BCUT2D eigenvalue weighted by Crippen LogP contribution is -2.46. The number of pyridine rings is 1. The molecule has 8 nitrogen and oxygen atoms in total. The third-order valence-corrected chi connectivity index (χ3v) is 4.80. The van der Waals surface area contributed by atoms with Gasteiger partial charge in [0.15, 0.2) is 0 Å². The van der Waals surface area contributed by atoms with Gasteiger partial charge in [0.2, 0.25) is 5.91 Å². The number of aliphatic hydroxyl groups is 1. The minimum absolute atomic E-state index is 0.00534. The van der Waals surface area contributed by atoms with Crippen molar-refractivity contribution in [2.75, 3.05) is 11.9 Å². The van der Waals surface area contributed by atoms with Crippen molar-refractivity contribution >= 4 is 28.4 Å². The Morgan fingerprint density at radius 1 is 1.03 bits per heavy atom. The van der Waals surface area contributed by atoms with Crippen molar-refractivity contribution in [2.24, 2.45) is 0 Å². The lowest BCUT2D eigenvalue weighted by atomic mass is 10.1. The molecule has 156 valence electrons. The van der Waals surface area contributed by atoms with E-state index in [1.807, 2.05) is 18.2 Å². The average Bonchev–Trinajstić information content (AvgIpc) is 3.32. The van der Waals surface area contributed by atoms with Crippen LogP contribution in [0, 0.1) is 0 Å². The van der Waals surface area contributed by atoms with Crippen LogP contribution in [0.4, 0.5) is 5.69 Å². The maximum atomic E-state index is 12.7. The van der Waals surface area contributed by atoms with E-state index in [1.165, 1.54) is 12.1 Å². The number of carbonyl (C=O) groups is 2. The molecule has 2 heterocycles. The van der Waals surface area contributed by atoms with Crippen molar-refractivity contribution in [1.82, 2.24) is 14.9 Å². The van der Waals surface area contributed by atoms with Crippen LogP contribution in [-0.2, 0) is 4.79 Å². The van der Waals surface area contributed by atoms with Gasteiger partial charge in [-0.25, -0.2) is 0 Å². The maximum Gasteiger partial charge on any atom is 0.255 e. The van der Waals surface area contributed by atoms with Crippen LogP contribution in [0.25, 0.3) is 16.6 Å². The number of hydrogen-bond donors (Lipinski definition) is 4. The highest BCUT2D eigenvalue weighted by Gasteiger charge is 2.22. The Balaban J connectivity index is 1.49. The monoisotopic (exact) mass is 416 g/mol. The highest BCUT2D eigenvalue weighted by Crippen LogP contribution is 2.21. The Kier molecular flexibility index (Phi) is 5.63. The van der Waals surface area contributed by atoms with Crippen molar-refractivity contribution in [3.05, 3.63) is 84.8 Å². The fourth-order valence-corrected chi connectivity index (χ4v) is 3.19. The lowest BCUT2D eigenvalue weighted by Gasteiger charge is -2.17. The second kappa shape index (κ2) is 8.68. The molecule has 31 heavy (non-hydrogen) atoms. The van der Waals surface area contributed by atoms with Gasteiger partial charge in [0.25, 0.3) is 5.91 Å². The number of aliphatic hydroxyl groups excluding tert-OH is 1. The topological polar surface area (TPSA) is 116 Å². The van der Waals surface area contributed by atoms with E-state index < -0.39 is 24.5 Å². The van der Waals surface area contributed by atoms with Gasteiger partial charge in [-0.3, -0.25) is 14.6 Å². The van der Waals surface area contributed by atoms with Gasteiger partial charge in [-0.2, -0.15) is 0 Å². The van der Waals surface area contributed by atoms with Crippen LogP contribution in [0.1, 0.15) is 10.4 Å². The molecule has 0 radical (unpaired) electrons. The molecular formula is C23H20N4O4. The van der Waals surface area contributed by atoms with Crippen molar-refractivity contribution in [1.29, 1.82) is 0 Å². The molecular weight excluding hydrogens is 396 g/mol. The molecule has 2 aromatic heterocycles. The quantitative estimate of drug-likeness (QED) is 0.385. The highest BCUT2D eigenvalue weighted by molar-refractivity contribution is 6.03. The number of carbonyl (C=O) groups excluding carboxylic acids is 2. The number of nitrogens with zero attached hydrogens (tertiary/aromatic N) is 2. The molecule has 2 amide bonds. The van der Waals surface area contributed by atoms with Gasteiger partial charge in [0, 0.05) is 35.4 Å². The first kappa shape index (κ1) is 20.1. The number of fused-ring (bicyclic) bond motifs is 1. The molecule has 4 rings (SSSR count). The van der Waals surface area contributed by atoms with E-state index in [2.05, 4.69) is 15.6 Å². The summed E-state index contributed by atoms with van der Waals surface area (Å²) in [5.41, 5.74) is 1.96. The minimum Gasteiger partial charge on any atom is -0.507 e. The van der Waals surface area contributed by atoms with Crippen molar-refractivity contribution in [2.45, 2.75) is 6.04 Å². The molecule has 0 saturated carbocycles. The summed E-state index contributed by atoms with van der Waals surface area (Å²) in [5, 5.41) is 25.8. The third-order valence-electron chi connectivity index (χ3n) is 4.80. The van der Waals surface area contributed by atoms with Gasteiger partial charge >= 0.3 is 0 Å². The Labute approximate surface area is 177 Å². The Bertz CT molecular complexity index is 1240. The number of aromatic hydroxyl groups is 1. The van der Waals surface area contributed by atoms with E-state index in [4.69, 9.17) is 0 Å². The first-order valence-corrected chi connectivity index (χ1v) is 9.59. The predicted octanol–water partition coefficient (Wildman–Crippen LogP) is 2.46. The zero-order chi connectivity index (χ0) is 21.8. The Hall–Kier alpha value is -4.17. The maximum absolute atomic E-state index is 12.7. The lowest BCUT2D eigenvalue weighted by molar-refractivity contribution is -0.118. The number of phenolic OH excluding ortho intramolecular Hbond substituents is 1. The van der Waals surface area contributed by atoms with Crippen LogP contribution >= 0.6 is 0 Å². The summed E-state index contributed by atoms with van der Waals surface area (Å²) in [6.07, 6.45) is 5.28. The van der Waals surface area contributed by atoms with E-state index in [9.17, 15) is 19.8 Å². The molecule has 4 aromatic rings. The number of hydrogen-bond acceptors (Lipinski definition) is 5. The van der Waals surface area contributed by atoms with Crippen LogP contribution in [-0.4, -0.2) is 44.2 Å². The normalized spacial score (nSPS) is 11.8. The van der Waals surface area contributed by atoms with Crippen LogP contribution in [0.5, 0.6) is 5.75 Å². The van der Waals surface area contributed by atoms with Gasteiger partial charge in [-0.1, -0.05) is 6.07 Å². The number of amides is 2. The molecule has 0 saturated heterocycles. The molecule has 0 aliphatic carbocycles. The van der Waals surface area contributed by atoms with E-state index in [-0.39, 0.29) is 11.3 Å². The summed E-state index contributed by atoms with van der Waals surface area (Å²) in [7, 11) is 0. The van der Waals surface area contributed by atoms with E-state index in [0.717, 1.165) is 10.9 Å². The summed E-state index contributed by atoms with van der Waals surface area (Å²) in [5.74, 6) is -1.49. The van der Waals surface area contributed by atoms with Gasteiger partial charge < -0.3 is 25.4 Å². The molecule has 0 bridgehead atoms. The summed E-state index contributed by atoms with van der Waals surface area (Å²) >= 11 is 0. The van der Waals surface area contributed by atoms with Crippen molar-refractivity contribution in [3.8, 4) is 11.4 Å². The number of nitrogens with one attached hydrogen (secondary N) is 2. The van der Waals surface area contributed by atoms with Gasteiger partial charge in [0.05, 0.1) is 17.7 Å². The molecule has 0 fully saturated rings. The van der Waals surface area contributed by atoms with Crippen LogP contribution in [0.2, 0.25) is 0 Å². The predicted molar refractivity (Wildman–Crippen MR) is 116 cm³/mol. The number of phenols is 1. The summed E-state index contributed by atoms with van der Waals surface area (Å²) in [6.45, 7) is -0.606. The number of anilines is 1. The van der Waals surface area contributed by atoms with Crippen LogP contribution < -0.4 is 10.6 Å². The fourth-order valence-electron chi connectivity index (χ4n) is 3.19. The summed E-state index contributed by atoms with van der Waals surface area (Å²) in [4.78, 5) is 29.6. The number of aromatic nitrogens is 2. The fraction of sp³-hybridized carbons (Fsp3) is 0.0870. The zero-order valence-electron chi connectivity index (χ0n) is 16.4.